The van der Waals surface area contributed by atoms with E-state index in [1.54, 1.807) is 11.8 Å². The standard InChI is InChI=1S/C14H16N2S/c1-10-5-7-12(8-6-10)17-14-13(11(2)15)4-3-9-16-14/h3-9,11H,15H2,1-2H3/t11-/m0/s1. The molecular formula is C14H16N2S. The Labute approximate surface area is 106 Å². The van der Waals surface area contributed by atoms with Gasteiger partial charge in [0.1, 0.15) is 5.03 Å². The molecule has 0 aliphatic heterocycles. The van der Waals surface area contributed by atoms with Gasteiger partial charge in [0.15, 0.2) is 0 Å². The van der Waals surface area contributed by atoms with Crippen LogP contribution >= 0.6 is 11.8 Å². The third kappa shape index (κ3) is 3.08. The van der Waals surface area contributed by atoms with Crippen LogP contribution in [0.5, 0.6) is 0 Å². The summed E-state index contributed by atoms with van der Waals surface area (Å²) in [4.78, 5) is 5.59. The number of pyridine rings is 1. The minimum absolute atomic E-state index is 0.0108. The van der Waals surface area contributed by atoms with Gasteiger partial charge < -0.3 is 5.73 Å². The van der Waals surface area contributed by atoms with E-state index in [1.807, 2.05) is 25.3 Å². The molecule has 0 fully saturated rings. The average molecular weight is 244 g/mol. The lowest BCUT2D eigenvalue weighted by molar-refractivity contribution is 0.779. The van der Waals surface area contributed by atoms with Crippen LogP contribution in [0, 0.1) is 6.92 Å². The summed E-state index contributed by atoms with van der Waals surface area (Å²) in [5, 5.41) is 0.992. The topological polar surface area (TPSA) is 38.9 Å². The maximum absolute atomic E-state index is 5.94. The number of hydrogen-bond donors (Lipinski definition) is 1. The second-order valence-electron chi connectivity index (χ2n) is 4.10. The number of nitrogens with two attached hydrogens (primary N) is 1. The van der Waals surface area contributed by atoms with Crippen LogP contribution in [0.25, 0.3) is 0 Å². The molecule has 0 bridgehead atoms. The summed E-state index contributed by atoms with van der Waals surface area (Å²) in [6.45, 7) is 4.07. The molecule has 17 heavy (non-hydrogen) atoms. The zero-order chi connectivity index (χ0) is 12.3. The van der Waals surface area contributed by atoms with Gasteiger partial charge in [-0.25, -0.2) is 4.98 Å². The lowest BCUT2D eigenvalue weighted by atomic mass is 10.2. The Morgan fingerprint density at radius 1 is 1.18 bits per heavy atom. The van der Waals surface area contributed by atoms with Crippen LogP contribution < -0.4 is 5.73 Å². The highest BCUT2D eigenvalue weighted by atomic mass is 32.2. The molecule has 0 unspecified atom stereocenters. The van der Waals surface area contributed by atoms with Crippen molar-refractivity contribution in [2.24, 2.45) is 5.73 Å². The van der Waals surface area contributed by atoms with Crippen LogP contribution in [0.2, 0.25) is 0 Å². The first-order valence-corrected chi connectivity index (χ1v) is 6.43. The Morgan fingerprint density at radius 2 is 1.88 bits per heavy atom. The predicted molar refractivity (Wildman–Crippen MR) is 72.1 cm³/mol. The molecule has 1 atom stereocenters. The van der Waals surface area contributed by atoms with Gasteiger partial charge in [0.05, 0.1) is 0 Å². The third-order valence-electron chi connectivity index (χ3n) is 2.53. The Hall–Kier alpha value is -1.32. The van der Waals surface area contributed by atoms with E-state index in [1.165, 1.54) is 10.5 Å². The molecule has 0 spiro atoms. The summed E-state index contributed by atoms with van der Waals surface area (Å²) >= 11 is 1.66. The van der Waals surface area contributed by atoms with Gasteiger partial charge in [-0.3, -0.25) is 0 Å². The van der Waals surface area contributed by atoms with Gasteiger partial charge in [0, 0.05) is 22.7 Å². The first-order chi connectivity index (χ1) is 8.16. The molecule has 0 saturated heterocycles. The van der Waals surface area contributed by atoms with Gasteiger partial charge in [-0.1, -0.05) is 35.5 Å². The van der Waals surface area contributed by atoms with Gasteiger partial charge in [-0.15, -0.1) is 0 Å². The van der Waals surface area contributed by atoms with Crippen molar-refractivity contribution in [1.29, 1.82) is 0 Å². The van der Waals surface area contributed by atoms with E-state index in [4.69, 9.17) is 5.73 Å². The zero-order valence-electron chi connectivity index (χ0n) is 10.1. The predicted octanol–water partition coefficient (Wildman–Crippen LogP) is 3.56. The second-order valence-corrected chi connectivity index (χ2v) is 5.16. The van der Waals surface area contributed by atoms with Crippen molar-refractivity contribution in [2.45, 2.75) is 29.8 Å². The fourth-order valence-corrected chi connectivity index (χ4v) is 2.53. The smallest absolute Gasteiger partial charge is 0.105 e. The molecule has 88 valence electrons. The maximum atomic E-state index is 5.94. The number of aromatic nitrogens is 1. The van der Waals surface area contributed by atoms with Crippen molar-refractivity contribution in [3.05, 3.63) is 53.7 Å². The van der Waals surface area contributed by atoms with Gasteiger partial charge in [-0.2, -0.15) is 0 Å². The van der Waals surface area contributed by atoms with Crippen LogP contribution in [0.3, 0.4) is 0 Å². The van der Waals surface area contributed by atoms with E-state index in [9.17, 15) is 0 Å². The molecule has 1 aromatic heterocycles. The Kier molecular flexibility index (Phi) is 3.82. The fraction of sp³-hybridized carbons (Fsp3) is 0.214. The molecule has 2 nitrogen and oxygen atoms in total. The number of benzene rings is 1. The molecule has 1 heterocycles. The van der Waals surface area contributed by atoms with E-state index in [0.29, 0.717) is 0 Å². The highest BCUT2D eigenvalue weighted by Crippen LogP contribution is 2.30. The Balaban J connectivity index is 2.26. The molecule has 0 aliphatic rings. The molecule has 0 amide bonds. The molecular weight excluding hydrogens is 228 g/mol. The zero-order valence-corrected chi connectivity index (χ0v) is 10.9. The van der Waals surface area contributed by atoms with Crippen molar-refractivity contribution < 1.29 is 0 Å². The molecule has 3 heteroatoms. The number of aryl methyl sites for hydroxylation is 1. The minimum atomic E-state index is 0.0108. The van der Waals surface area contributed by atoms with Gasteiger partial charge in [0.2, 0.25) is 0 Å². The molecule has 1 aromatic carbocycles. The van der Waals surface area contributed by atoms with Gasteiger partial charge >= 0.3 is 0 Å². The van der Waals surface area contributed by atoms with E-state index < -0.39 is 0 Å². The largest absolute Gasteiger partial charge is 0.324 e. The number of nitrogens with zero attached hydrogens (tertiary/aromatic N) is 1. The normalized spacial score (nSPS) is 12.4. The monoisotopic (exact) mass is 244 g/mol. The van der Waals surface area contributed by atoms with Crippen molar-refractivity contribution in [3.63, 3.8) is 0 Å². The summed E-state index contributed by atoms with van der Waals surface area (Å²) in [5.41, 5.74) is 8.30. The Morgan fingerprint density at radius 3 is 2.53 bits per heavy atom. The number of rotatable bonds is 3. The number of hydrogen-bond acceptors (Lipinski definition) is 3. The summed E-state index contributed by atoms with van der Waals surface area (Å²) in [6, 6.07) is 12.4. The first kappa shape index (κ1) is 12.1. The lowest BCUT2D eigenvalue weighted by Crippen LogP contribution is -2.07. The van der Waals surface area contributed by atoms with E-state index >= 15 is 0 Å². The van der Waals surface area contributed by atoms with Crippen molar-refractivity contribution >= 4 is 11.8 Å². The third-order valence-corrected chi connectivity index (χ3v) is 3.57. The Bertz CT molecular complexity index is 492. The second kappa shape index (κ2) is 5.34. The highest BCUT2D eigenvalue weighted by molar-refractivity contribution is 7.99. The van der Waals surface area contributed by atoms with Crippen molar-refractivity contribution in [2.75, 3.05) is 0 Å². The van der Waals surface area contributed by atoms with E-state index in [0.717, 1.165) is 10.6 Å². The maximum Gasteiger partial charge on any atom is 0.105 e. The minimum Gasteiger partial charge on any atom is -0.324 e. The van der Waals surface area contributed by atoms with Gasteiger partial charge in [-0.05, 0) is 32.0 Å². The molecule has 2 aromatic rings. The van der Waals surface area contributed by atoms with E-state index in [-0.39, 0.29) is 6.04 Å². The molecule has 2 N–H and O–H groups in total. The summed E-state index contributed by atoms with van der Waals surface area (Å²) in [7, 11) is 0. The average Bonchev–Trinajstić information content (AvgIpc) is 2.32. The molecule has 0 saturated carbocycles. The highest BCUT2D eigenvalue weighted by Gasteiger charge is 2.08. The SMILES string of the molecule is Cc1ccc(Sc2ncccc2[C@H](C)N)cc1. The van der Waals surface area contributed by atoms with Crippen LogP contribution in [0.1, 0.15) is 24.1 Å². The van der Waals surface area contributed by atoms with Crippen molar-refractivity contribution in [1.82, 2.24) is 4.98 Å². The van der Waals surface area contributed by atoms with Crippen LogP contribution in [0.4, 0.5) is 0 Å². The quantitative estimate of drug-likeness (QED) is 0.897. The van der Waals surface area contributed by atoms with Crippen LogP contribution in [-0.4, -0.2) is 4.98 Å². The van der Waals surface area contributed by atoms with Gasteiger partial charge in [0.25, 0.3) is 0 Å². The summed E-state index contributed by atoms with van der Waals surface area (Å²) in [5.74, 6) is 0. The van der Waals surface area contributed by atoms with Crippen LogP contribution in [0.15, 0.2) is 52.5 Å². The first-order valence-electron chi connectivity index (χ1n) is 5.62. The molecule has 2 rings (SSSR count). The molecule has 0 radical (unpaired) electrons. The summed E-state index contributed by atoms with van der Waals surface area (Å²) in [6.07, 6.45) is 1.81. The van der Waals surface area contributed by atoms with E-state index in [2.05, 4.69) is 36.2 Å². The fourth-order valence-electron chi connectivity index (χ4n) is 1.55. The molecule has 0 aliphatic carbocycles. The van der Waals surface area contributed by atoms with Crippen LogP contribution in [-0.2, 0) is 0 Å². The van der Waals surface area contributed by atoms with Crippen molar-refractivity contribution in [3.8, 4) is 0 Å². The summed E-state index contributed by atoms with van der Waals surface area (Å²) < 4.78 is 0. The lowest BCUT2D eigenvalue weighted by Gasteiger charge is -2.10.